The second-order valence-electron chi connectivity index (χ2n) is 6.57. The van der Waals surface area contributed by atoms with Crippen LogP contribution < -0.4 is 20.1 Å². The number of aromatic nitrogens is 2. The summed E-state index contributed by atoms with van der Waals surface area (Å²) >= 11 is 0. The van der Waals surface area contributed by atoms with Crippen LogP contribution in [0.25, 0.3) is 0 Å². The third-order valence-electron chi connectivity index (χ3n) is 4.66. The van der Waals surface area contributed by atoms with Crippen molar-refractivity contribution in [2.24, 2.45) is 0 Å². The number of nitrogens with zero attached hydrogens (tertiary/aromatic N) is 2. The Bertz CT molecular complexity index is 851. The van der Waals surface area contributed by atoms with E-state index in [-0.39, 0.29) is 11.6 Å². The number of carbonyl (C=O) groups is 1. The zero-order valence-electron chi connectivity index (χ0n) is 16.3. The summed E-state index contributed by atoms with van der Waals surface area (Å²) in [5.74, 6) is 1.27. The van der Waals surface area contributed by atoms with E-state index in [0.717, 1.165) is 13.0 Å². The minimum Gasteiger partial charge on any atom is -0.497 e. The van der Waals surface area contributed by atoms with Gasteiger partial charge in [-0.15, -0.1) is 0 Å². The number of benzene rings is 1. The molecule has 1 aliphatic rings. The number of carbonyl (C=O) groups excluding carboxylic acids is 1. The predicted molar refractivity (Wildman–Crippen MR) is 109 cm³/mol. The summed E-state index contributed by atoms with van der Waals surface area (Å²) in [5.41, 5.74) is 2.28. The zero-order chi connectivity index (χ0) is 19.8. The first-order valence-electron chi connectivity index (χ1n) is 9.48. The number of nitrogens with one attached hydrogen (secondary N) is 2. The fourth-order valence-electron chi connectivity index (χ4n) is 3.13. The molecule has 28 heavy (non-hydrogen) atoms. The van der Waals surface area contributed by atoms with Crippen molar-refractivity contribution in [2.45, 2.75) is 32.1 Å². The quantitative estimate of drug-likeness (QED) is 0.670. The Morgan fingerprint density at radius 3 is 2.82 bits per heavy atom. The van der Waals surface area contributed by atoms with Crippen LogP contribution in [0.2, 0.25) is 0 Å². The minimum atomic E-state index is -0.341. The van der Waals surface area contributed by atoms with E-state index in [0.29, 0.717) is 23.1 Å². The van der Waals surface area contributed by atoms with E-state index >= 15 is 0 Å². The number of rotatable bonds is 8. The van der Waals surface area contributed by atoms with Gasteiger partial charge >= 0.3 is 0 Å². The maximum atomic E-state index is 12.6. The molecule has 0 radical (unpaired) electrons. The number of anilines is 2. The van der Waals surface area contributed by atoms with Gasteiger partial charge in [0.25, 0.3) is 5.91 Å². The lowest BCUT2D eigenvalue weighted by molar-refractivity contribution is 0.102. The molecule has 7 nitrogen and oxygen atoms in total. The van der Waals surface area contributed by atoms with Crippen molar-refractivity contribution in [1.29, 1.82) is 0 Å². The molecule has 0 unspecified atom stereocenters. The molecule has 0 saturated carbocycles. The van der Waals surface area contributed by atoms with Crippen molar-refractivity contribution in [3.05, 3.63) is 47.8 Å². The maximum Gasteiger partial charge on any atom is 0.274 e. The third-order valence-corrected chi connectivity index (χ3v) is 4.66. The highest BCUT2D eigenvalue weighted by atomic mass is 16.5. The smallest absolute Gasteiger partial charge is 0.274 e. The molecule has 148 valence electrons. The predicted octanol–water partition coefficient (Wildman–Crippen LogP) is 4.05. The van der Waals surface area contributed by atoms with Crippen LogP contribution in [0.1, 0.15) is 42.6 Å². The molecule has 0 spiro atoms. The molecule has 0 saturated heterocycles. The van der Waals surface area contributed by atoms with Crippen molar-refractivity contribution >= 4 is 17.5 Å². The lowest BCUT2D eigenvalue weighted by atomic mass is 9.97. The number of allylic oxidation sites excluding steroid dienone is 1. The first kappa shape index (κ1) is 19.7. The highest BCUT2D eigenvalue weighted by Gasteiger charge is 2.13. The molecule has 2 N–H and O–H groups in total. The van der Waals surface area contributed by atoms with Gasteiger partial charge in [-0.1, -0.05) is 11.6 Å². The van der Waals surface area contributed by atoms with E-state index < -0.39 is 0 Å². The molecule has 0 atom stereocenters. The van der Waals surface area contributed by atoms with Gasteiger partial charge in [0, 0.05) is 18.8 Å². The first-order valence-corrected chi connectivity index (χ1v) is 9.48. The summed E-state index contributed by atoms with van der Waals surface area (Å²) in [6, 6.07) is 6.79. The van der Waals surface area contributed by atoms with E-state index in [2.05, 4.69) is 26.7 Å². The van der Waals surface area contributed by atoms with E-state index in [1.165, 1.54) is 31.3 Å². The molecule has 1 amide bonds. The molecule has 0 bridgehead atoms. The second-order valence-corrected chi connectivity index (χ2v) is 6.57. The standard InChI is InChI=1S/C21H26N4O3/c1-27-16-8-9-19(28-2)18(14-16)24-20(26)17-11-13-23-21(25-17)22-12-10-15-6-4-3-5-7-15/h6,8-9,11,13-14H,3-5,7,10,12H2,1-2H3,(H,24,26)(H,22,23,25). The maximum absolute atomic E-state index is 12.6. The van der Waals surface area contributed by atoms with Crippen LogP contribution in [0.15, 0.2) is 42.1 Å². The normalized spacial score (nSPS) is 13.4. The minimum absolute atomic E-state index is 0.277. The largest absolute Gasteiger partial charge is 0.497 e. The molecule has 1 aromatic carbocycles. The van der Waals surface area contributed by atoms with Crippen molar-refractivity contribution < 1.29 is 14.3 Å². The van der Waals surface area contributed by atoms with Gasteiger partial charge in [-0.3, -0.25) is 4.79 Å². The lowest BCUT2D eigenvalue weighted by Gasteiger charge is -2.13. The Hall–Kier alpha value is -3.09. The first-order chi connectivity index (χ1) is 13.7. The van der Waals surface area contributed by atoms with Crippen molar-refractivity contribution in [2.75, 3.05) is 31.4 Å². The zero-order valence-corrected chi connectivity index (χ0v) is 16.3. The molecular weight excluding hydrogens is 356 g/mol. The number of methoxy groups -OCH3 is 2. The summed E-state index contributed by atoms with van der Waals surface area (Å²) < 4.78 is 10.5. The lowest BCUT2D eigenvalue weighted by Crippen LogP contribution is -2.16. The molecule has 0 aliphatic heterocycles. The topological polar surface area (TPSA) is 85.4 Å². The van der Waals surface area contributed by atoms with Gasteiger partial charge in [-0.2, -0.15) is 0 Å². The number of amides is 1. The van der Waals surface area contributed by atoms with Gasteiger partial charge in [-0.05, 0) is 50.3 Å². The number of ether oxygens (including phenoxy) is 2. The van der Waals surface area contributed by atoms with Crippen LogP contribution >= 0.6 is 0 Å². The highest BCUT2D eigenvalue weighted by Crippen LogP contribution is 2.29. The van der Waals surface area contributed by atoms with Crippen LogP contribution in [0.3, 0.4) is 0 Å². The molecular formula is C21H26N4O3. The van der Waals surface area contributed by atoms with Crippen LogP contribution in [0, 0.1) is 0 Å². The SMILES string of the molecule is COc1ccc(OC)c(NC(=O)c2ccnc(NCCC3=CCCCC3)n2)c1. The monoisotopic (exact) mass is 382 g/mol. The van der Waals surface area contributed by atoms with Crippen LogP contribution in [-0.4, -0.2) is 36.6 Å². The van der Waals surface area contributed by atoms with E-state index in [1.54, 1.807) is 44.7 Å². The van der Waals surface area contributed by atoms with E-state index in [4.69, 9.17) is 9.47 Å². The average Bonchev–Trinajstić information content (AvgIpc) is 2.74. The summed E-state index contributed by atoms with van der Waals surface area (Å²) in [6.45, 7) is 0.751. The van der Waals surface area contributed by atoms with Crippen LogP contribution in [0.4, 0.5) is 11.6 Å². The third kappa shape index (κ3) is 5.22. The molecule has 0 fully saturated rings. The van der Waals surface area contributed by atoms with Crippen molar-refractivity contribution in [3.63, 3.8) is 0 Å². The van der Waals surface area contributed by atoms with E-state index in [9.17, 15) is 4.79 Å². The highest BCUT2D eigenvalue weighted by molar-refractivity contribution is 6.03. The Kier molecular flexibility index (Phi) is 6.84. The van der Waals surface area contributed by atoms with Crippen LogP contribution in [-0.2, 0) is 0 Å². The summed E-state index contributed by atoms with van der Waals surface area (Å²) in [5, 5.41) is 6.02. The fourth-order valence-corrected chi connectivity index (χ4v) is 3.13. The summed E-state index contributed by atoms with van der Waals surface area (Å²) in [6.07, 6.45) is 9.79. The van der Waals surface area contributed by atoms with Crippen LogP contribution in [0.5, 0.6) is 11.5 Å². The Morgan fingerprint density at radius 2 is 2.07 bits per heavy atom. The summed E-state index contributed by atoms with van der Waals surface area (Å²) in [4.78, 5) is 21.2. The van der Waals surface area contributed by atoms with Crippen molar-refractivity contribution in [3.8, 4) is 11.5 Å². The second kappa shape index (κ2) is 9.73. The molecule has 1 aromatic heterocycles. The van der Waals surface area contributed by atoms with E-state index in [1.807, 2.05) is 0 Å². The molecule has 3 rings (SSSR count). The molecule has 2 aromatic rings. The van der Waals surface area contributed by atoms with Gasteiger partial charge in [-0.25, -0.2) is 9.97 Å². The van der Waals surface area contributed by atoms with Gasteiger partial charge in [0.1, 0.15) is 17.2 Å². The Labute approximate surface area is 165 Å². The van der Waals surface area contributed by atoms with Gasteiger partial charge in [0.2, 0.25) is 5.95 Å². The van der Waals surface area contributed by atoms with Gasteiger partial charge in [0.05, 0.1) is 19.9 Å². The van der Waals surface area contributed by atoms with Crippen molar-refractivity contribution in [1.82, 2.24) is 9.97 Å². The Morgan fingerprint density at radius 1 is 1.18 bits per heavy atom. The summed E-state index contributed by atoms with van der Waals surface area (Å²) in [7, 11) is 3.12. The Balaban J connectivity index is 1.63. The number of hydrogen-bond donors (Lipinski definition) is 2. The van der Waals surface area contributed by atoms with Gasteiger partial charge in [0.15, 0.2) is 0 Å². The molecule has 1 aliphatic carbocycles. The molecule has 1 heterocycles. The fraction of sp³-hybridized carbons (Fsp3) is 0.381. The average molecular weight is 382 g/mol. The van der Waals surface area contributed by atoms with Gasteiger partial charge < -0.3 is 20.1 Å². The molecule has 7 heteroatoms. The number of hydrogen-bond acceptors (Lipinski definition) is 6.